The highest BCUT2D eigenvalue weighted by molar-refractivity contribution is 7.86. The van der Waals surface area contributed by atoms with Crippen LogP contribution in [0.4, 0.5) is 11.4 Å². The molecule has 0 saturated carbocycles. The number of benzene rings is 4. The Labute approximate surface area is 368 Å². The molecule has 0 radical (unpaired) electrons. The highest BCUT2D eigenvalue weighted by Crippen LogP contribution is 2.51. The molecular formula is C47H54ClN2O8S3+. The Morgan fingerprint density at radius 3 is 2.21 bits per heavy atom. The molecule has 2 aliphatic heterocycles. The first-order chi connectivity index (χ1) is 28.8. The van der Waals surface area contributed by atoms with Crippen LogP contribution in [0.2, 0.25) is 0 Å². The van der Waals surface area contributed by atoms with Gasteiger partial charge in [-0.3, -0.25) is 9.11 Å². The molecule has 1 aliphatic carbocycles. The molecule has 14 heteroatoms. The van der Waals surface area contributed by atoms with Crippen LogP contribution in [0.25, 0.3) is 21.5 Å². The molecule has 0 bridgehead atoms. The van der Waals surface area contributed by atoms with Gasteiger partial charge in [-0.2, -0.15) is 29.8 Å². The van der Waals surface area contributed by atoms with Gasteiger partial charge in [0, 0.05) is 52.5 Å². The summed E-state index contributed by atoms with van der Waals surface area (Å²) in [6.07, 6.45) is 15.7. The van der Waals surface area contributed by atoms with Crippen LogP contribution in [0, 0.1) is 0 Å². The Bertz CT molecular complexity index is 2800. The molecule has 2 N–H and O–H groups in total. The molecule has 3 aliphatic rings. The van der Waals surface area contributed by atoms with E-state index >= 15 is 0 Å². The Morgan fingerprint density at radius 2 is 1.51 bits per heavy atom. The van der Waals surface area contributed by atoms with Crippen LogP contribution in [0.5, 0.6) is 0 Å². The summed E-state index contributed by atoms with van der Waals surface area (Å²) >= 11 is 6.56. The second kappa shape index (κ2) is 18.6. The molecule has 0 saturated heterocycles. The summed E-state index contributed by atoms with van der Waals surface area (Å²) in [6, 6.07) is 21.6. The third-order valence-electron chi connectivity index (χ3n) is 12.2. The van der Waals surface area contributed by atoms with Gasteiger partial charge in [0.2, 0.25) is 5.69 Å². The highest BCUT2D eigenvalue weighted by Gasteiger charge is 2.45. The summed E-state index contributed by atoms with van der Waals surface area (Å²) in [5.41, 5.74) is 8.27. The fraction of sp³-hybridized carbons (Fsp3) is 0.383. The Balaban J connectivity index is 0.00000201. The smallest absolute Gasteiger partial charge is 0.335 e. The van der Waals surface area contributed by atoms with E-state index in [9.17, 15) is 25.9 Å². The zero-order valence-electron chi connectivity index (χ0n) is 35.3. The topological polar surface area (TPSA) is 149 Å². The molecule has 0 atom stereocenters. The van der Waals surface area contributed by atoms with Crippen LogP contribution in [-0.2, 0) is 42.6 Å². The zero-order chi connectivity index (χ0) is 44.3. The van der Waals surface area contributed by atoms with Crippen molar-refractivity contribution in [2.45, 2.75) is 102 Å². The maximum Gasteiger partial charge on any atom is 0.335 e. The predicted molar refractivity (Wildman–Crippen MR) is 247 cm³/mol. The summed E-state index contributed by atoms with van der Waals surface area (Å²) in [5.74, 6) is -0.317. The lowest BCUT2D eigenvalue weighted by Crippen LogP contribution is -2.28. The number of nitrogens with zero attached hydrogens (tertiary/aromatic N) is 2. The van der Waals surface area contributed by atoms with Gasteiger partial charge in [0.25, 0.3) is 20.2 Å². The largest absolute Gasteiger partial charge is 0.344 e. The van der Waals surface area contributed by atoms with Crippen molar-refractivity contribution in [1.82, 2.24) is 0 Å². The molecule has 4 aromatic carbocycles. The Kier molecular flexibility index (Phi) is 14.1. The lowest BCUT2D eigenvalue weighted by Gasteiger charge is -2.27. The lowest BCUT2D eigenvalue weighted by molar-refractivity contribution is -0.438. The molecule has 0 amide bonds. The summed E-state index contributed by atoms with van der Waals surface area (Å²) < 4.78 is 85.3. The van der Waals surface area contributed by atoms with Crippen molar-refractivity contribution in [3.8, 4) is 0 Å². The maximum absolute atomic E-state index is 12.0. The van der Waals surface area contributed by atoms with Crippen molar-refractivity contribution in [1.29, 1.82) is 0 Å². The number of anilines is 1. The maximum atomic E-state index is 12.0. The number of unbranched alkanes of at least 4 members (excludes halogenated alkanes) is 3. The number of halogens is 1. The molecule has 4 aromatic rings. The van der Waals surface area contributed by atoms with E-state index in [-0.39, 0.29) is 16.1 Å². The van der Waals surface area contributed by atoms with Gasteiger partial charge in [0.1, 0.15) is 6.54 Å². The van der Waals surface area contributed by atoms with Crippen LogP contribution < -0.4 is 4.90 Å². The standard InChI is InChI=1S/C47H53ClN2O6S2.O2S/c1-6-7-10-28-49-39-24-18-32-14-8-9-17-37(32)43(39)46(2,3)41(49)26-20-33-15-13-16-34(45(33)48)21-27-42-47(4,5)44-38-23-22-36(58(54,55)56)31-35(38)19-25-40(44)50(42)29-11-12-30-57(51,52)53;1-3-2/h8-9,14,17-27,31H,6-7,10-13,15-16,28-30H2,1-5H3,(H-,51,52,53,54,55,56);/p+1. The first-order valence-electron chi connectivity index (χ1n) is 20.7. The number of hydrogen-bond acceptors (Lipinski definition) is 7. The SMILES string of the molecule is CCCCC[N+]1=C(/C=C/C2=C(Cl)C(=C/C=C3/N(CCCCS(=O)(=O)O)c4ccc5cc(S(=O)(=O)O)ccc5c4C3(C)C)/CCC2)C(C)(C)c2c1ccc1ccccc21.O=S=O. The fourth-order valence-electron chi connectivity index (χ4n) is 9.39. The van der Waals surface area contributed by atoms with Gasteiger partial charge in [0.15, 0.2) is 5.71 Å². The van der Waals surface area contributed by atoms with Gasteiger partial charge in [-0.25, -0.2) is 0 Å². The third kappa shape index (κ3) is 9.72. The summed E-state index contributed by atoms with van der Waals surface area (Å²) in [5, 5.41) is 4.85. The molecule has 324 valence electrons. The van der Waals surface area contributed by atoms with E-state index < -0.39 is 37.2 Å². The Morgan fingerprint density at radius 1 is 0.803 bits per heavy atom. The van der Waals surface area contributed by atoms with Crippen LogP contribution >= 0.6 is 11.6 Å². The van der Waals surface area contributed by atoms with Crippen molar-refractivity contribution in [3.05, 3.63) is 124 Å². The zero-order valence-corrected chi connectivity index (χ0v) is 38.5. The fourth-order valence-corrected chi connectivity index (χ4v) is 10.8. The molecular weight excluding hydrogens is 852 g/mol. The summed E-state index contributed by atoms with van der Waals surface area (Å²) in [4.78, 5) is 2.03. The van der Waals surface area contributed by atoms with Crippen molar-refractivity contribution in [2.24, 2.45) is 0 Å². The Hall–Kier alpha value is -4.24. The van der Waals surface area contributed by atoms with Gasteiger partial charge < -0.3 is 4.90 Å². The molecule has 0 unspecified atom stereocenters. The summed E-state index contributed by atoms with van der Waals surface area (Å²) in [6.45, 7) is 12.6. The normalized spacial score (nSPS) is 18.7. The highest BCUT2D eigenvalue weighted by atomic mass is 35.5. The molecule has 2 heterocycles. The molecule has 10 nitrogen and oxygen atoms in total. The minimum atomic E-state index is -4.38. The molecule has 7 rings (SSSR count). The quantitative estimate of drug-likeness (QED) is 0.0759. The van der Waals surface area contributed by atoms with Crippen molar-refractivity contribution >= 4 is 82.0 Å². The van der Waals surface area contributed by atoms with Gasteiger partial charge in [-0.15, -0.1) is 0 Å². The van der Waals surface area contributed by atoms with Gasteiger partial charge in [0.05, 0.1) is 16.1 Å². The monoisotopic (exact) mass is 905 g/mol. The number of allylic oxidation sites excluding steroid dienone is 8. The van der Waals surface area contributed by atoms with Crippen LogP contribution in [-0.4, -0.2) is 63.5 Å². The number of fused-ring (bicyclic) bond motifs is 6. The van der Waals surface area contributed by atoms with E-state index in [1.807, 2.05) is 12.1 Å². The van der Waals surface area contributed by atoms with E-state index in [0.717, 1.165) is 77.2 Å². The number of hydrogen-bond donors (Lipinski definition) is 2. The van der Waals surface area contributed by atoms with Crippen molar-refractivity contribution < 1.29 is 38.9 Å². The minimum Gasteiger partial charge on any atom is -0.344 e. The third-order valence-corrected chi connectivity index (χ3v) is 14.4. The van der Waals surface area contributed by atoms with E-state index in [4.69, 9.17) is 20.0 Å². The average molecular weight is 907 g/mol. The minimum absolute atomic E-state index is 0.168. The first kappa shape index (κ1) is 46.3. The first-order valence-corrected chi connectivity index (χ1v) is 24.8. The summed E-state index contributed by atoms with van der Waals surface area (Å²) in [7, 11) is -8.47. The van der Waals surface area contributed by atoms with E-state index in [2.05, 4.69) is 105 Å². The van der Waals surface area contributed by atoms with Crippen LogP contribution in [0.15, 0.2) is 118 Å². The second-order valence-electron chi connectivity index (χ2n) is 17.0. The van der Waals surface area contributed by atoms with Gasteiger partial charge in [-0.1, -0.05) is 87.3 Å². The lowest BCUT2D eigenvalue weighted by atomic mass is 9.78. The molecule has 61 heavy (non-hydrogen) atoms. The van der Waals surface area contributed by atoms with E-state index in [1.54, 1.807) is 6.07 Å². The van der Waals surface area contributed by atoms with E-state index in [0.29, 0.717) is 24.8 Å². The molecule has 0 fully saturated rings. The van der Waals surface area contributed by atoms with E-state index in [1.165, 1.54) is 46.3 Å². The predicted octanol–water partition coefficient (Wildman–Crippen LogP) is 10.6. The number of rotatable bonds is 13. The molecule has 0 spiro atoms. The van der Waals surface area contributed by atoms with Gasteiger partial charge in [-0.05, 0) is 121 Å². The second-order valence-corrected chi connectivity index (χ2v) is 20.5. The van der Waals surface area contributed by atoms with Crippen molar-refractivity contribution in [2.75, 3.05) is 23.7 Å². The van der Waals surface area contributed by atoms with Crippen LogP contribution in [0.3, 0.4) is 0 Å². The van der Waals surface area contributed by atoms with Crippen LogP contribution in [0.1, 0.15) is 97.1 Å². The van der Waals surface area contributed by atoms with Gasteiger partial charge >= 0.3 is 11.6 Å². The average Bonchev–Trinajstić information content (AvgIpc) is 3.56. The van der Waals surface area contributed by atoms with Crippen molar-refractivity contribution in [3.63, 3.8) is 0 Å². The molecule has 0 aromatic heterocycles.